The van der Waals surface area contributed by atoms with Crippen LogP contribution in [0.5, 0.6) is 0 Å². The molecule has 4 aromatic rings. The van der Waals surface area contributed by atoms with Gasteiger partial charge in [0, 0.05) is 31.4 Å². The first-order valence-corrected chi connectivity index (χ1v) is 10.0. The first-order valence-electron chi connectivity index (χ1n) is 10.0. The molecule has 0 saturated carbocycles. The number of carbonyl (C=O) groups is 1. The minimum absolute atomic E-state index is 0.206. The van der Waals surface area contributed by atoms with E-state index in [9.17, 15) is 4.79 Å². The second-order valence-corrected chi connectivity index (χ2v) is 7.36. The number of amides is 1. The molecule has 2 aromatic carbocycles. The average molecular weight is 386 g/mol. The molecule has 0 fully saturated rings. The molecule has 0 aliphatic carbocycles. The Labute approximate surface area is 168 Å². The van der Waals surface area contributed by atoms with Crippen molar-refractivity contribution in [3.8, 4) is 0 Å². The van der Waals surface area contributed by atoms with Gasteiger partial charge < -0.3 is 14.6 Å². The van der Waals surface area contributed by atoms with Crippen LogP contribution in [0.2, 0.25) is 0 Å². The number of rotatable bonds is 5. The number of para-hydroxylation sites is 1. The van der Waals surface area contributed by atoms with Crippen LogP contribution >= 0.6 is 0 Å². The summed E-state index contributed by atoms with van der Waals surface area (Å²) in [5.74, 6) is 0.878. The van der Waals surface area contributed by atoms with Crippen molar-refractivity contribution in [3.63, 3.8) is 0 Å². The van der Waals surface area contributed by atoms with Crippen molar-refractivity contribution in [2.24, 2.45) is 0 Å². The monoisotopic (exact) mass is 386 g/mol. The van der Waals surface area contributed by atoms with Crippen molar-refractivity contribution in [1.29, 1.82) is 0 Å². The molecule has 0 radical (unpaired) electrons. The molecular formula is C23H22N4O2. The number of benzene rings is 2. The van der Waals surface area contributed by atoms with Crippen molar-refractivity contribution in [2.45, 2.75) is 25.8 Å². The molecule has 0 atom stereocenters. The van der Waals surface area contributed by atoms with Gasteiger partial charge >= 0.3 is 0 Å². The molecule has 0 spiro atoms. The quantitative estimate of drug-likeness (QED) is 0.522. The van der Waals surface area contributed by atoms with Crippen LogP contribution in [0, 0.1) is 0 Å². The number of carbonyl (C=O) groups excluding carboxylic acids is 1. The SMILES string of the molecule is O=C(CCCNc1ncnc2c1oc1ccccc12)N1CCc2ccccc2C1. The Morgan fingerprint density at radius 3 is 2.83 bits per heavy atom. The average Bonchev–Trinajstić information content (AvgIpc) is 3.16. The van der Waals surface area contributed by atoms with Gasteiger partial charge in [0.05, 0.1) is 0 Å². The summed E-state index contributed by atoms with van der Waals surface area (Å²) in [6.45, 7) is 2.17. The third-order valence-electron chi connectivity index (χ3n) is 5.50. The van der Waals surface area contributed by atoms with Gasteiger partial charge in [0.1, 0.15) is 17.4 Å². The van der Waals surface area contributed by atoms with Crippen LogP contribution in [0.15, 0.2) is 59.3 Å². The van der Waals surface area contributed by atoms with Gasteiger partial charge in [-0.3, -0.25) is 4.79 Å². The summed E-state index contributed by atoms with van der Waals surface area (Å²) in [6, 6.07) is 16.2. The predicted octanol–water partition coefficient (Wildman–Crippen LogP) is 4.15. The molecule has 29 heavy (non-hydrogen) atoms. The Bertz CT molecular complexity index is 1180. The van der Waals surface area contributed by atoms with Crippen molar-refractivity contribution in [1.82, 2.24) is 14.9 Å². The molecule has 146 valence electrons. The molecule has 1 N–H and O–H groups in total. The molecule has 3 heterocycles. The fraction of sp³-hybridized carbons (Fsp3) is 0.261. The number of nitrogens with one attached hydrogen (secondary N) is 1. The van der Waals surface area contributed by atoms with Crippen molar-refractivity contribution in [2.75, 3.05) is 18.4 Å². The molecule has 0 saturated heterocycles. The summed E-state index contributed by atoms with van der Waals surface area (Å²) >= 11 is 0. The summed E-state index contributed by atoms with van der Waals surface area (Å²) in [5, 5.41) is 4.29. The molecule has 2 aromatic heterocycles. The number of furan rings is 1. The van der Waals surface area contributed by atoms with E-state index in [0.29, 0.717) is 30.9 Å². The van der Waals surface area contributed by atoms with E-state index in [-0.39, 0.29) is 5.91 Å². The minimum atomic E-state index is 0.206. The van der Waals surface area contributed by atoms with Crippen molar-refractivity contribution in [3.05, 3.63) is 66.0 Å². The van der Waals surface area contributed by atoms with Crippen LogP contribution in [-0.4, -0.2) is 33.9 Å². The third-order valence-corrected chi connectivity index (χ3v) is 5.50. The van der Waals surface area contributed by atoms with Gasteiger partial charge in [0.25, 0.3) is 0 Å². The second-order valence-electron chi connectivity index (χ2n) is 7.36. The summed E-state index contributed by atoms with van der Waals surface area (Å²) in [7, 11) is 0. The largest absolute Gasteiger partial charge is 0.450 e. The zero-order chi connectivity index (χ0) is 19.6. The predicted molar refractivity (Wildman–Crippen MR) is 113 cm³/mol. The van der Waals surface area contributed by atoms with Gasteiger partial charge in [-0.25, -0.2) is 9.97 Å². The van der Waals surface area contributed by atoms with E-state index < -0.39 is 0 Å². The van der Waals surface area contributed by atoms with E-state index in [4.69, 9.17) is 4.42 Å². The normalized spacial score (nSPS) is 13.6. The number of hydrogen-bond donors (Lipinski definition) is 1. The van der Waals surface area contributed by atoms with Crippen LogP contribution in [0.4, 0.5) is 5.82 Å². The fourth-order valence-corrected chi connectivity index (χ4v) is 3.96. The number of nitrogens with zero attached hydrogens (tertiary/aromatic N) is 3. The number of hydrogen-bond acceptors (Lipinski definition) is 5. The Balaban J connectivity index is 1.20. The molecule has 6 nitrogen and oxygen atoms in total. The number of anilines is 1. The fourth-order valence-electron chi connectivity index (χ4n) is 3.96. The summed E-state index contributed by atoms with van der Waals surface area (Å²) in [4.78, 5) is 23.2. The first kappa shape index (κ1) is 17.7. The van der Waals surface area contributed by atoms with Crippen LogP contribution in [0.1, 0.15) is 24.0 Å². The molecule has 1 amide bonds. The highest BCUT2D eigenvalue weighted by Crippen LogP contribution is 2.30. The van der Waals surface area contributed by atoms with Gasteiger partial charge in [0.2, 0.25) is 5.91 Å². The maximum atomic E-state index is 12.6. The van der Waals surface area contributed by atoms with Crippen LogP contribution < -0.4 is 5.32 Å². The smallest absolute Gasteiger partial charge is 0.222 e. The van der Waals surface area contributed by atoms with Gasteiger partial charge in [-0.1, -0.05) is 36.4 Å². The standard InChI is InChI=1S/C23H22N4O2/c28-20(27-13-11-16-6-1-2-7-17(16)14-27)10-5-12-24-23-22-21(25-15-26-23)18-8-3-4-9-19(18)29-22/h1-4,6-9,15H,5,10-14H2,(H,24,25,26). The maximum absolute atomic E-state index is 12.6. The molecular weight excluding hydrogens is 364 g/mol. The van der Waals surface area contributed by atoms with Crippen molar-refractivity contribution >= 4 is 33.8 Å². The Morgan fingerprint density at radius 1 is 1.07 bits per heavy atom. The lowest BCUT2D eigenvalue weighted by Gasteiger charge is -2.29. The van der Waals surface area contributed by atoms with Crippen LogP contribution in [0.3, 0.4) is 0 Å². The Kier molecular flexibility index (Phi) is 4.60. The van der Waals surface area contributed by atoms with E-state index >= 15 is 0 Å². The zero-order valence-corrected chi connectivity index (χ0v) is 16.1. The second kappa shape index (κ2) is 7.54. The van der Waals surface area contributed by atoms with Crippen molar-refractivity contribution < 1.29 is 9.21 Å². The topological polar surface area (TPSA) is 71.3 Å². The summed E-state index contributed by atoms with van der Waals surface area (Å²) in [6.07, 6.45) is 3.74. The van der Waals surface area contributed by atoms with E-state index in [0.717, 1.165) is 35.9 Å². The molecule has 6 heteroatoms. The van der Waals surface area contributed by atoms with Gasteiger partial charge in [0.15, 0.2) is 11.4 Å². The highest BCUT2D eigenvalue weighted by molar-refractivity contribution is 6.05. The molecule has 1 aliphatic rings. The lowest BCUT2D eigenvalue weighted by atomic mass is 9.99. The zero-order valence-electron chi connectivity index (χ0n) is 16.1. The molecule has 5 rings (SSSR count). The van der Waals surface area contributed by atoms with Gasteiger partial charge in [-0.05, 0) is 36.1 Å². The number of aromatic nitrogens is 2. The Hall–Kier alpha value is -3.41. The van der Waals surface area contributed by atoms with Gasteiger partial charge in [-0.2, -0.15) is 0 Å². The van der Waals surface area contributed by atoms with E-state index in [1.54, 1.807) is 6.33 Å². The summed E-state index contributed by atoms with van der Waals surface area (Å²) < 4.78 is 5.93. The lowest BCUT2D eigenvalue weighted by Crippen LogP contribution is -2.36. The summed E-state index contributed by atoms with van der Waals surface area (Å²) in [5.41, 5.74) is 4.88. The third kappa shape index (κ3) is 3.42. The minimum Gasteiger partial charge on any atom is -0.450 e. The molecule has 1 aliphatic heterocycles. The highest BCUT2D eigenvalue weighted by atomic mass is 16.3. The highest BCUT2D eigenvalue weighted by Gasteiger charge is 2.20. The number of fused-ring (bicyclic) bond motifs is 4. The van der Waals surface area contributed by atoms with Crippen LogP contribution in [-0.2, 0) is 17.8 Å². The first-order chi connectivity index (χ1) is 14.3. The van der Waals surface area contributed by atoms with E-state index in [1.165, 1.54) is 11.1 Å². The maximum Gasteiger partial charge on any atom is 0.222 e. The van der Waals surface area contributed by atoms with E-state index in [2.05, 4.69) is 33.5 Å². The molecule has 0 bridgehead atoms. The lowest BCUT2D eigenvalue weighted by molar-refractivity contribution is -0.132. The van der Waals surface area contributed by atoms with Crippen LogP contribution in [0.25, 0.3) is 22.1 Å². The Morgan fingerprint density at radius 2 is 1.90 bits per heavy atom. The van der Waals surface area contributed by atoms with E-state index in [1.807, 2.05) is 35.2 Å². The van der Waals surface area contributed by atoms with Gasteiger partial charge in [-0.15, -0.1) is 0 Å². The molecule has 0 unspecified atom stereocenters.